The average molecular weight is 302 g/mol. The summed E-state index contributed by atoms with van der Waals surface area (Å²) in [7, 11) is 0. The normalized spacial score (nSPS) is 20.6. The Morgan fingerprint density at radius 2 is 2.37 bits per heavy atom. The van der Waals surface area contributed by atoms with Gasteiger partial charge < -0.3 is 0 Å². The molecule has 19 heavy (non-hydrogen) atoms. The Morgan fingerprint density at radius 3 is 3.00 bits per heavy atom. The van der Waals surface area contributed by atoms with Crippen molar-refractivity contribution in [2.75, 3.05) is 13.1 Å². The van der Waals surface area contributed by atoms with Crippen LogP contribution in [0, 0.1) is 0 Å². The summed E-state index contributed by atoms with van der Waals surface area (Å²) in [4.78, 5) is 29.4. The molecule has 2 amide bonds. The summed E-state index contributed by atoms with van der Waals surface area (Å²) in [6.07, 6.45) is 1.43. The molecule has 1 aliphatic rings. The van der Waals surface area contributed by atoms with E-state index >= 15 is 0 Å². The van der Waals surface area contributed by atoms with Crippen LogP contribution in [0.25, 0.3) is 0 Å². The van der Waals surface area contributed by atoms with Crippen LogP contribution in [0.4, 0.5) is 0 Å². The second kappa shape index (κ2) is 6.45. The second-order valence-corrected chi connectivity index (χ2v) is 5.63. The lowest BCUT2D eigenvalue weighted by Gasteiger charge is -2.33. The number of carbonyl (C=O) groups is 2. The first kappa shape index (κ1) is 14.4. The van der Waals surface area contributed by atoms with E-state index in [1.165, 1.54) is 0 Å². The lowest BCUT2D eigenvalue weighted by molar-refractivity contribution is -0.140. The maximum Gasteiger partial charge on any atom is 0.243 e. The Bertz CT molecular complexity index is 477. The van der Waals surface area contributed by atoms with Gasteiger partial charge in [-0.3, -0.25) is 19.8 Å². The SMILES string of the molecule is CCC1C(=O)NC(=O)CN1CCc1nc(CCl)cs1. The summed E-state index contributed by atoms with van der Waals surface area (Å²) in [6, 6.07) is -0.217. The maximum atomic E-state index is 11.7. The highest BCUT2D eigenvalue weighted by atomic mass is 35.5. The summed E-state index contributed by atoms with van der Waals surface area (Å²) in [6.45, 7) is 2.88. The minimum Gasteiger partial charge on any atom is -0.294 e. The zero-order valence-corrected chi connectivity index (χ0v) is 12.3. The molecule has 5 nitrogen and oxygen atoms in total. The third kappa shape index (κ3) is 3.52. The number of aromatic nitrogens is 1. The maximum absolute atomic E-state index is 11.7. The molecule has 1 aromatic rings. The molecule has 0 aromatic carbocycles. The fourth-order valence-electron chi connectivity index (χ4n) is 2.16. The van der Waals surface area contributed by atoms with Crippen LogP contribution in [0.1, 0.15) is 24.0 Å². The lowest BCUT2D eigenvalue weighted by Crippen LogP contribution is -2.58. The van der Waals surface area contributed by atoms with Crippen LogP contribution in [0.3, 0.4) is 0 Å². The second-order valence-electron chi connectivity index (χ2n) is 4.42. The predicted octanol–water partition coefficient (Wildman–Crippen LogP) is 1.16. The molecule has 1 aromatic heterocycles. The van der Waals surface area contributed by atoms with E-state index in [0.717, 1.165) is 17.1 Å². The molecule has 104 valence electrons. The zero-order valence-electron chi connectivity index (χ0n) is 10.7. The molecule has 1 aliphatic heterocycles. The van der Waals surface area contributed by atoms with Crippen molar-refractivity contribution in [1.29, 1.82) is 0 Å². The number of hydrogen-bond donors (Lipinski definition) is 1. The van der Waals surface area contributed by atoms with E-state index in [2.05, 4.69) is 10.3 Å². The molecule has 0 radical (unpaired) electrons. The van der Waals surface area contributed by atoms with Crippen LogP contribution in [0.5, 0.6) is 0 Å². The van der Waals surface area contributed by atoms with Crippen LogP contribution in [0.2, 0.25) is 0 Å². The van der Waals surface area contributed by atoms with Gasteiger partial charge in [0.2, 0.25) is 11.8 Å². The van der Waals surface area contributed by atoms with Crippen molar-refractivity contribution < 1.29 is 9.59 Å². The Labute approximate surface area is 121 Å². The summed E-state index contributed by atoms with van der Waals surface area (Å²) in [5.41, 5.74) is 0.876. The van der Waals surface area contributed by atoms with Gasteiger partial charge in [-0.25, -0.2) is 4.98 Å². The molecule has 7 heteroatoms. The van der Waals surface area contributed by atoms with Crippen molar-refractivity contribution >= 4 is 34.8 Å². The van der Waals surface area contributed by atoms with Gasteiger partial charge in [0, 0.05) is 18.3 Å². The van der Waals surface area contributed by atoms with Crippen LogP contribution in [-0.2, 0) is 21.9 Å². The molecule has 0 spiro atoms. The summed E-state index contributed by atoms with van der Waals surface area (Å²) >= 11 is 7.27. The first-order valence-corrected chi connectivity index (χ1v) is 7.62. The van der Waals surface area contributed by atoms with Gasteiger partial charge in [0.1, 0.15) is 0 Å². The average Bonchev–Trinajstić information content (AvgIpc) is 2.83. The molecule has 1 atom stereocenters. The van der Waals surface area contributed by atoms with Crippen molar-refractivity contribution in [3.8, 4) is 0 Å². The summed E-state index contributed by atoms with van der Waals surface area (Å²) < 4.78 is 0. The van der Waals surface area contributed by atoms with Gasteiger partial charge >= 0.3 is 0 Å². The van der Waals surface area contributed by atoms with Crippen LogP contribution in [0.15, 0.2) is 5.38 Å². The fraction of sp³-hybridized carbons (Fsp3) is 0.583. The van der Waals surface area contributed by atoms with Gasteiger partial charge in [-0.1, -0.05) is 6.92 Å². The molecule has 0 aliphatic carbocycles. The van der Waals surface area contributed by atoms with Crippen molar-refractivity contribution in [2.45, 2.75) is 31.7 Å². The smallest absolute Gasteiger partial charge is 0.243 e. The largest absolute Gasteiger partial charge is 0.294 e. The van der Waals surface area contributed by atoms with Gasteiger partial charge in [0.05, 0.1) is 29.2 Å². The highest BCUT2D eigenvalue weighted by Gasteiger charge is 2.31. The number of nitrogens with zero attached hydrogens (tertiary/aromatic N) is 2. The monoisotopic (exact) mass is 301 g/mol. The Morgan fingerprint density at radius 1 is 1.58 bits per heavy atom. The molecule has 0 bridgehead atoms. The number of alkyl halides is 1. The summed E-state index contributed by atoms with van der Waals surface area (Å²) in [5.74, 6) is -0.00628. The number of hydrogen-bond acceptors (Lipinski definition) is 5. The van der Waals surface area contributed by atoms with Gasteiger partial charge in [-0.2, -0.15) is 0 Å². The van der Waals surface area contributed by atoms with E-state index in [-0.39, 0.29) is 24.4 Å². The minimum absolute atomic E-state index is 0.195. The van der Waals surface area contributed by atoms with E-state index in [1.54, 1.807) is 11.3 Å². The van der Waals surface area contributed by atoms with Gasteiger partial charge in [0.25, 0.3) is 0 Å². The van der Waals surface area contributed by atoms with E-state index in [9.17, 15) is 9.59 Å². The Balaban J connectivity index is 1.96. The number of nitrogens with one attached hydrogen (secondary N) is 1. The van der Waals surface area contributed by atoms with Gasteiger partial charge in [0.15, 0.2) is 0 Å². The first-order valence-electron chi connectivity index (χ1n) is 6.21. The quantitative estimate of drug-likeness (QED) is 0.655. The molecule has 2 heterocycles. The molecule has 1 unspecified atom stereocenters. The number of halogens is 1. The molecule has 2 rings (SSSR count). The first-order chi connectivity index (χ1) is 9.13. The van der Waals surface area contributed by atoms with E-state index in [1.807, 2.05) is 17.2 Å². The number of thiazole rings is 1. The van der Waals surface area contributed by atoms with E-state index in [0.29, 0.717) is 18.8 Å². The number of piperazine rings is 1. The van der Waals surface area contributed by atoms with Gasteiger partial charge in [-0.05, 0) is 6.42 Å². The number of amides is 2. The third-order valence-electron chi connectivity index (χ3n) is 3.09. The molecule has 0 saturated carbocycles. The molecule has 1 N–H and O–H groups in total. The molecular formula is C12H16ClN3O2S. The highest BCUT2D eigenvalue weighted by Crippen LogP contribution is 2.15. The Hall–Kier alpha value is -0.980. The Kier molecular flexibility index (Phi) is 4.90. The standard InChI is InChI=1S/C12H16ClN3O2S/c1-2-9-12(18)15-10(17)6-16(9)4-3-11-14-8(5-13)7-19-11/h7,9H,2-6H2,1H3,(H,15,17,18). The van der Waals surface area contributed by atoms with E-state index < -0.39 is 0 Å². The predicted molar refractivity (Wildman–Crippen MR) is 74.2 cm³/mol. The van der Waals surface area contributed by atoms with Crippen LogP contribution < -0.4 is 5.32 Å². The highest BCUT2D eigenvalue weighted by molar-refractivity contribution is 7.09. The zero-order chi connectivity index (χ0) is 13.8. The van der Waals surface area contributed by atoms with Crippen molar-refractivity contribution in [3.63, 3.8) is 0 Å². The number of carbonyl (C=O) groups excluding carboxylic acids is 2. The number of imide groups is 1. The molecule has 1 fully saturated rings. The van der Waals surface area contributed by atoms with Crippen molar-refractivity contribution in [2.24, 2.45) is 0 Å². The van der Waals surface area contributed by atoms with Crippen molar-refractivity contribution in [3.05, 3.63) is 16.1 Å². The molecular weight excluding hydrogens is 286 g/mol. The van der Waals surface area contributed by atoms with Crippen LogP contribution in [-0.4, -0.2) is 40.8 Å². The van der Waals surface area contributed by atoms with Crippen molar-refractivity contribution in [1.82, 2.24) is 15.2 Å². The molecule has 1 saturated heterocycles. The van der Waals surface area contributed by atoms with E-state index in [4.69, 9.17) is 11.6 Å². The van der Waals surface area contributed by atoms with Gasteiger partial charge in [-0.15, -0.1) is 22.9 Å². The minimum atomic E-state index is -0.227. The summed E-state index contributed by atoms with van der Waals surface area (Å²) in [5, 5.41) is 5.30. The fourth-order valence-corrected chi connectivity index (χ4v) is 3.18. The van der Waals surface area contributed by atoms with Crippen LogP contribution >= 0.6 is 22.9 Å². The topological polar surface area (TPSA) is 62.3 Å². The third-order valence-corrected chi connectivity index (χ3v) is 4.32. The lowest BCUT2D eigenvalue weighted by atomic mass is 10.1. The number of rotatable bonds is 5.